The van der Waals surface area contributed by atoms with Crippen molar-refractivity contribution < 1.29 is 14.6 Å². The van der Waals surface area contributed by atoms with Crippen LogP contribution in [0.3, 0.4) is 0 Å². The molecule has 4 saturated heterocycles. The first-order valence-corrected chi connectivity index (χ1v) is 10.6. The molecule has 0 spiro atoms. The molecule has 1 amide bonds. The Hall–Kier alpha value is -2.53. The molecule has 2 aromatic rings. The van der Waals surface area contributed by atoms with Crippen molar-refractivity contribution in [2.75, 3.05) is 26.7 Å². The Morgan fingerprint density at radius 2 is 1.79 bits per heavy atom. The number of phenols is 1. The Morgan fingerprint density at radius 1 is 1.07 bits per heavy atom. The maximum absolute atomic E-state index is 13.5. The van der Waals surface area contributed by atoms with Crippen molar-refractivity contribution in [1.29, 1.82) is 0 Å². The quantitative estimate of drug-likeness (QED) is 0.870. The van der Waals surface area contributed by atoms with Crippen LogP contribution in [0.1, 0.15) is 40.2 Å². The van der Waals surface area contributed by atoms with E-state index in [-0.39, 0.29) is 17.7 Å². The zero-order valence-electron chi connectivity index (χ0n) is 17.0. The predicted molar refractivity (Wildman–Crippen MR) is 111 cm³/mol. The monoisotopic (exact) mass is 392 g/mol. The van der Waals surface area contributed by atoms with Crippen LogP contribution in [0.4, 0.5) is 0 Å². The number of nitrogens with zero attached hydrogens (tertiary/aromatic N) is 2. The van der Waals surface area contributed by atoms with Gasteiger partial charge in [-0.15, -0.1) is 0 Å². The molecule has 4 heterocycles. The Bertz CT molecular complexity index is 918. The lowest BCUT2D eigenvalue weighted by Gasteiger charge is -2.51. The summed E-state index contributed by atoms with van der Waals surface area (Å²) < 4.78 is 5.33. The summed E-state index contributed by atoms with van der Waals surface area (Å²) in [7, 11) is 1.69. The van der Waals surface area contributed by atoms with Gasteiger partial charge in [0.1, 0.15) is 11.5 Å². The Labute approximate surface area is 171 Å². The highest BCUT2D eigenvalue weighted by atomic mass is 16.5. The second kappa shape index (κ2) is 7.06. The topological polar surface area (TPSA) is 53.0 Å². The summed E-state index contributed by atoms with van der Waals surface area (Å²) in [6, 6.07) is 14.2. The summed E-state index contributed by atoms with van der Waals surface area (Å²) in [5, 5.41) is 9.86. The first-order valence-electron chi connectivity index (χ1n) is 10.6. The average molecular weight is 392 g/mol. The number of carbonyl (C=O) groups is 1. The van der Waals surface area contributed by atoms with E-state index in [0.29, 0.717) is 23.4 Å². The zero-order chi connectivity index (χ0) is 20.1. The van der Waals surface area contributed by atoms with Gasteiger partial charge in [0.15, 0.2) is 0 Å². The molecule has 6 rings (SSSR count). The fraction of sp³-hybridized carbons (Fsp3) is 0.458. The number of benzene rings is 2. The lowest BCUT2D eigenvalue weighted by Crippen LogP contribution is -2.60. The Morgan fingerprint density at radius 3 is 2.45 bits per heavy atom. The minimum absolute atomic E-state index is 0.0906. The van der Waals surface area contributed by atoms with Crippen LogP contribution in [0.5, 0.6) is 11.5 Å². The molecule has 2 aromatic carbocycles. The summed E-state index contributed by atoms with van der Waals surface area (Å²) >= 11 is 0. The molecule has 152 valence electrons. The number of rotatable bonds is 3. The number of phenolic OH excluding ortho intramolecular Hbond substituents is 1. The molecule has 0 aromatic heterocycles. The van der Waals surface area contributed by atoms with Crippen molar-refractivity contribution in [2.24, 2.45) is 5.92 Å². The number of hydrogen-bond acceptors (Lipinski definition) is 4. The van der Waals surface area contributed by atoms with Gasteiger partial charge in [-0.25, -0.2) is 0 Å². The molecule has 1 N–H and O–H groups in total. The van der Waals surface area contributed by atoms with Gasteiger partial charge in [-0.1, -0.05) is 12.1 Å². The van der Waals surface area contributed by atoms with Crippen LogP contribution in [-0.4, -0.2) is 59.6 Å². The highest BCUT2D eigenvalue weighted by Gasteiger charge is 2.54. The van der Waals surface area contributed by atoms with E-state index in [1.54, 1.807) is 19.2 Å². The van der Waals surface area contributed by atoms with Crippen LogP contribution < -0.4 is 4.74 Å². The lowest BCUT2D eigenvalue weighted by molar-refractivity contribution is -0.00341. The second-order valence-corrected chi connectivity index (χ2v) is 8.69. The van der Waals surface area contributed by atoms with Gasteiger partial charge in [0.2, 0.25) is 0 Å². The molecule has 0 saturated carbocycles. The van der Waals surface area contributed by atoms with Gasteiger partial charge >= 0.3 is 0 Å². The van der Waals surface area contributed by atoms with Crippen molar-refractivity contribution in [2.45, 2.75) is 37.8 Å². The number of likely N-dealkylation sites (tertiary alicyclic amines) is 1. The number of carbonyl (C=O) groups excluding carboxylic acids is 1. The first-order chi connectivity index (χ1) is 14.1. The smallest absolute Gasteiger partial charge is 0.254 e. The molecule has 29 heavy (non-hydrogen) atoms. The molecule has 0 aliphatic carbocycles. The van der Waals surface area contributed by atoms with E-state index >= 15 is 0 Å². The highest BCUT2D eigenvalue weighted by molar-refractivity contribution is 5.95. The largest absolute Gasteiger partial charge is 0.508 e. The van der Waals surface area contributed by atoms with Crippen LogP contribution in [0.25, 0.3) is 0 Å². The van der Waals surface area contributed by atoms with Gasteiger partial charge in [-0.05, 0) is 80.2 Å². The Kier molecular flexibility index (Phi) is 4.50. The van der Waals surface area contributed by atoms with E-state index in [4.69, 9.17) is 4.74 Å². The summed E-state index contributed by atoms with van der Waals surface area (Å²) in [5.41, 5.74) is 2.70. The minimum atomic E-state index is 0.0906. The first kappa shape index (κ1) is 18.5. The highest BCUT2D eigenvalue weighted by Crippen LogP contribution is 2.47. The number of ether oxygens (including phenoxy) is 1. The molecule has 0 radical (unpaired) electrons. The summed E-state index contributed by atoms with van der Waals surface area (Å²) in [6.07, 6.45) is 2.35. The third kappa shape index (κ3) is 2.99. The molecule has 4 fully saturated rings. The van der Waals surface area contributed by atoms with E-state index in [9.17, 15) is 9.90 Å². The number of amides is 1. The van der Waals surface area contributed by atoms with Gasteiger partial charge in [-0.2, -0.15) is 0 Å². The Balaban J connectivity index is 1.50. The van der Waals surface area contributed by atoms with Crippen molar-refractivity contribution in [1.82, 2.24) is 9.80 Å². The fourth-order valence-electron chi connectivity index (χ4n) is 5.75. The molecule has 2 bridgehead atoms. The van der Waals surface area contributed by atoms with Crippen molar-refractivity contribution >= 4 is 5.91 Å². The van der Waals surface area contributed by atoms with Crippen LogP contribution in [0.15, 0.2) is 42.5 Å². The van der Waals surface area contributed by atoms with Gasteiger partial charge in [0, 0.05) is 24.1 Å². The number of piperidine rings is 3. The lowest BCUT2D eigenvalue weighted by atomic mass is 9.75. The molecule has 4 aliphatic heterocycles. The number of hydrogen-bond donors (Lipinski definition) is 1. The molecular formula is C24H28N2O3. The van der Waals surface area contributed by atoms with Crippen LogP contribution in [0, 0.1) is 12.8 Å². The number of aromatic hydroxyl groups is 1. The van der Waals surface area contributed by atoms with Crippen LogP contribution in [0.2, 0.25) is 0 Å². The molecule has 0 unspecified atom stereocenters. The van der Waals surface area contributed by atoms with Gasteiger partial charge < -0.3 is 14.7 Å². The standard InChI is InChI=1S/C24H28N2O3/c1-15-13-18(5-8-21(15)27)24(28)26-14-20(16-3-6-19(29-2)7-4-16)23-22(26)17-9-11-25(23)12-10-17/h3-8,13,17,20,22-23,27H,9-12,14H2,1-2H3/t20-,22+,23+/m0/s1. The SMILES string of the molecule is COc1ccc([C@@H]2CN(C(=O)c3ccc(O)c(C)c3)[C@@H]3C4CCN(CC4)[C@@H]32)cc1. The molecule has 5 nitrogen and oxygen atoms in total. The second-order valence-electron chi connectivity index (χ2n) is 8.69. The van der Waals surface area contributed by atoms with Gasteiger partial charge in [0.05, 0.1) is 13.2 Å². The summed E-state index contributed by atoms with van der Waals surface area (Å²) in [5.74, 6) is 2.08. The summed E-state index contributed by atoms with van der Waals surface area (Å²) in [4.78, 5) is 18.3. The molecular weight excluding hydrogens is 364 g/mol. The van der Waals surface area contributed by atoms with E-state index in [2.05, 4.69) is 21.9 Å². The number of fused-ring (bicyclic) bond motifs is 2. The zero-order valence-corrected chi connectivity index (χ0v) is 17.0. The third-order valence-corrected chi connectivity index (χ3v) is 7.24. The third-order valence-electron chi connectivity index (χ3n) is 7.24. The fourth-order valence-corrected chi connectivity index (χ4v) is 5.75. The van der Waals surface area contributed by atoms with Crippen molar-refractivity contribution in [3.63, 3.8) is 0 Å². The minimum Gasteiger partial charge on any atom is -0.508 e. The predicted octanol–water partition coefficient (Wildman–Crippen LogP) is 3.41. The van der Waals surface area contributed by atoms with Crippen LogP contribution >= 0.6 is 0 Å². The molecule has 5 heteroatoms. The molecule has 4 aliphatic rings. The average Bonchev–Trinajstić information content (AvgIpc) is 3.19. The maximum Gasteiger partial charge on any atom is 0.254 e. The van der Waals surface area contributed by atoms with E-state index in [1.165, 1.54) is 18.4 Å². The van der Waals surface area contributed by atoms with E-state index in [0.717, 1.165) is 30.9 Å². The van der Waals surface area contributed by atoms with Gasteiger partial charge in [-0.3, -0.25) is 9.69 Å². The number of aryl methyl sites for hydroxylation is 1. The van der Waals surface area contributed by atoms with E-state index in [1.807, 2.05) is 25.1 Å². The normalized spacial score (nSPS) is 30.3. The van der Waals surface area contributed by atoms with Crippen molar-refractivity contribution in [3.05, 3.63) is 59.2 Å². The summed E-state index contributed by atoms with van der Waals surface area (Å²) in [6.45, 7) is 4.86. The van der Waals surface area contributed by atoms with Gasteiger partial charge in [0.25, 0.3) is 5.91 Å². The number of methoxy groups -OCH3 is 1. The maximum atomic E-state index is 13.5. The van der Waals surface area contributed by atoms with E-state index < -0.39 is 0 Å². The molecule has 3 atom stereocenters. The van der Waals surface area contributed by atoms with Crippen LogP contribution in [-0.2, 0) is 0 Å². The van der Waals surface area contributed by atoms with Crippen molar-refractivity contribution in [3.8, 4) is 11.5 Å².